The molecule has 4 rings (SSSR count). The van der Waals surface area contributed by atoms with E-state index in [0.29, 0.717) is 18.7 Å². The number of tetrazole rings is 1. The smallest absolute Gasteiger partial charge is 0.251 e. The number of hydrogen-bond donors (Lipinski definition) is 1. The highest BCUT2D eigenvalue weighted by Crippen LogP contribution is 2.16. The quantitative estimate of drug-likeness (QED) is 0.526. The Kier molecular flexibility index (Phi) is 5.42. The van der Waals surface area contributed by atoms with E-state index in [9.17, 15) is 4.79 Å². The number of carbonyl (C=O) groups excluding carboxylic acids is 1. The number of hydrogen-bond acceptors (Lipinski definition) is 5. The largest absolute Gasteiger partial charge is 0.343 e. The molecule has 0 spiro atoms. The van der Waals surface area contributed by atoms with Gasteiger partial charge in [0.15, 0.2) is 0 Å². The van der Waals surface area contributed by atoms with Crippen molar-refractivity contribution in [1.29, 1.82) is 0 Å². The van der Waals surface area contributed by atoms with Crippen LogP contribution < -0.4 is 5.32 Å². The third-order valence-corrected chi connectivity index (χ3v) is 4.70. The van der Waals surface area contributed by atoms with Crippen LogP contribution in [0.1, 0.15) is 33.4 Å². The summed E-state index contributed by atoms with van der Waals surface area (Å²) in [6, 6.07) is 19.1. The molecule has 2 heterocycles. The van der Waals surface area contributed by atoms with Gasteiger partial charge in [0.25, 0.3) is 5.91 Å². The molecular weight excluding hydrogens is 366 g/mol. The lowest BCUT2D eigenvalue weighted by atomic mass is 10.1. The SMILES string of the molecule is Cc1nnnn1Cc1ccc(C(=O)NC(Cn2cccn2)c2ccccc2)cc1. The van der Waals surface area contributed by atoms with E-state index in [2.05, 4.69) is 25.9 Å². The molecule has 0 aliphatic heterocycles. The first-order valence-electron chi connectivity index (χ1n) is 9.34. The van der Waals surface area contributed by atoms with Gasteiger partial charge in [-0.1, -0.05) is 42.5 Å². The van der Waals surface area contributed by atoms with Gasteiger partial charge in [-0.25, -0.2) is 4.68 Å². The van der Waals surface area contributed by atoms with E-state index < -0.39 is 0 Å². The minimum absolute atomic E-state index is 0.129. The predicted octanol–water partition coefficient (Wildman–Crippen LogP) is 2.40. The Morgan fingerprint density at radius 2 is 1.86 bits per heavy atom. The minimum Gasteiger partial charge on any atom is -0.343 e. The molecule has 1 atom stereocenters. The van der Waals surface area contributed by atoms with Gasteiger partial charge in [-0.3, -0.25) is 9.48 Å². The molecule has 1 N–H and O–H groups in total. The normalized spacial score (nSPS) is 11.9. The Morgan fingerprint density at radius 3 is 2.52 bits per heavy atom. The van der Waals surface area contributed by atoms with Crippen molar-refractivity contribution in [2.75, 3.05) is 0 Å². The number of aryl methyl sites for hydroxylation is 1. The molecule has 0 radical (unpaired) electrons. The molecule has 0 bridgehead atoms. The number of carbonyl (C=O) groups is 1. The first-order chi connectivity index (χ1) is 14.2. The zero-order valence-electron chi connectivity index (χ0n) is 16.0. The lowest BCUT2D eigenvalue weighted by Crippen LogP contribution is -2.31. The van der Waals surface area contributed by atoms with Crippen molar-refractivity contribution in [2.24, 2.45) is 0 Å². The third-order valence-electron chi connectivity index (χ3n) is 4.70. The Morgan fingerprint density at radius 1 is 1.07 bits per heavy atom. The third kappa shape index (κ3) is 4.55. The fourth-order valence-corrected chi connectivity index (χ4v) is 3.09. The van der Waals surface area contributed by atoms with Gasteiger partial charge in [0, 0.05) is 18.0 Å². The second-order valence-corrected chi connectivity index (χ2v) is 6.75. The van der Waals surface area contributed by atoms with Gasteiger partial charge >= 0.3 is 0 Å². The molecule has 0 aliphatic carbocycles. The minimum atomic E-state index is -0.188. The topological polar surface area (TPSA) is 90.5 Å². The first kappa shape index (κ1) is 18.5. The van der Waals surface area contributed by atoms with Crippen LogP contribution in [0.2, 0.25) is 0 Å². The van der Waals surface area contributed by atoms with Gasteiger partial charge < -0.3 is 5.32 Å². The van der Waals surface area contributed by atoms with E-state index >= 15 is 0 Å². The molecule has 0 saturated carbocycles. The van der Waals surface area contributed by atoms with Crippen LogP contribution >= 0.6 is 0 Å². The molecule has 1 unspecified atom stereocenters. The number of amides is 1. The Balaban J connectivity index is 1.47. The van der Waals surface area contributed by atoms with Gasteiger partial charge in [0.05, 0.1) is 19.1 Å². The Labute approximate surface area is 168 Å². The molecule has 0 aliphatic rings. The Hall–Kier alpha value is -3.81. The molecule has 29 heavy (non-hydrogen) atoms. The molecule has 146 valence electrons. The van der Waals surface area contributed by atoms with Crippen molar-refractivity contribution in [3.8, 4) is 0 Å². The predicted molar refractivity (Wildman–Crippen MR) is 107 cm³/mol. The Bertz CT molecular complexity index is 1060. The van der Waals surface area contributed by atoms with E-state index in [4.69, 9.17) is 0 Å². The number of nitrogens with zero attached hydrogens (tertiary/aromatic N) is 6. The van der Waals surface area contributed by atoms with Crippen LogP contribution in [0.15, 0.2) is 73.1 Å². The lowest BCUT2D eigenvalue weighted by molar-refractivity contribution is 0.0932. The molecule has 8 heteroatoms. The first-order valence-corrected chi connectivity index (χ1v) is 9.34. The molecule has 0 saturated heterocycles. The summed E-state index contributed by atoms with van der Waals surface area (Å²) in [5.41, 5.74) is 2.65. The van der Waals surface area contributed by atoms with E-state index in [1.54, 1.807) is 10.9 Å². The van der Waals surface area contributed by atoms with Crippen LogP contribution in [0.3, 0.4) is 0 Å². The number of nitrogens with one attached hydrogen (secondary N) is 1. The summed E-state index contributed by atoms with van der Waals surface area (Å²) in [4.78, 5) is 12.9. The number of aromatic nitrogens is 6. The van der Waals surface area contributed by atoms with Gasteiger partial charge in [0.1, 0.15) is 5.82 Å². The summed E-state index contributed by atoms with van der Waals surface area (Å²) >= 11 is 0. The van der Waals surface area contributed by atoms with E-state index in [1.165, 1.54) is 0 Å². The average Bonchev–Trinajstić information content (AvgIpc) is 3.41. The maximum atomic E-state index is 12.9. The molecule has 4 aromatic rings. The summed E-state index contributed by atoms with van der Waals surface area (Å²) in [5.74, 6) is 0.618. The monoisotopic (exact) mass is 387 g/mol. The fourth-order valence-electron chi connectivity index (χ4n) is 3.09. The summed E-state index contributed by atoms with van der Waals surface area (Å²) in [7, 11) is 0. The maximum Gasteiger partial charge on any atom is 0.251 e. The van der Waals surface area contributed by atoms with Gasteiger partial charge in [0.2, 0.25) is 0 Å². The van der Waals surface area contributed by atoms with E-state index in [1.807, 2.05) is 78.5 Å². The van der Waals surface area contributed by atoms with Crippen molar-refractivity contribution < 1.29 is 4.79 Å². The highest BCUT2D eigenvalue weighted by atomic mass is 16.1. The molecule has 2 aromatic heterocycles. The van der Waals surface area contributed by atoms with E-state index in [0.717, 1.165) is 17.0 Å². The van der Waals surface area contributed by atoms with Crippen LogP contribution in [-0.2, 0) is 13.1 Å². The fraction of sp³-hybridized carbons (Fsp3) is 0.190. The molecule has 2 aromatic carbocycles. The van der Waals surface area contributed by atoms with Gasteiger partial charge in [-0.2, -0.15) is 5.10 Å². The van der Waals surface area contributed by atoms with E-state index in [-0.39, 0.29) is 11.9 Å². The number of rotatable bonds is 7. The average molecular weight is 387 g/mol. The van der Waals surface area contributed by atoms with Crippen molar-refractivity contribution in [1.82, 2.24) is 35.3 Å². The van der Waals surface area contributed by atoms with Crippen LogP contribution in [0, 0.1) is 6.92 Å². The maximum absolute atomic E-state index is 12.9. The summed E-state index contributed by atoms with van der Waals surface area (Å²) in [6.45, 7) is 2.97. The highest BCUT2D eigenvalue weighted by molar-refractivity contribution is 5.94. The van der Waals surface area contributed by atoms with Crippen molar-refractivity contribution >= 4 is 5.91 Å². The molecule has 0 fully saturated rings. The van der Waals surface area contributed by atoms with Crippen molar-refractivity contribution in [2.45, 2.75) is 26.1 Å². The van der Waals surface area contributed by atoms with Crippen LogP contribution in [0.5, 0.6) is 0 Å². The summed E-state index contributed by atoms with van der Waals surface area (Å²) in [5, 5.41) is 18.9. The second-order valence-electron chi connectivity index (χ2n) is 6.75. The van der Waals surface area contributed by atoms with Crippen molar-refractivity contribution in [3.05, 3.63) is 95.6 Å². The highest BCUT2D eigenvalue weighted by Gasteiger charge is 2.16. The van der Waals surface area contributed by atoms with Crippen LogP contribution in [-0.4, -0.2) is 35.9 Å². The zero-order valence-corrected chi connectivity index (χ0v) is 16.0. The zero-order chi connectivity index (χ0) is 20.1. The van der Waals surface area contributed by atoms with Crippen molar-refractivity contribution in [3.63, 3.8) is 0 Å². The van der Waals surface area contributed by atoms with Crippen LogP contribution in [0.25, 0.3) is 0 Å². The molecule has 1 amide bonds. The lowest BCUT2D eigenvalue weighted by Gasteiger charge is -2.19. The molecular formula is C21H21N7O. The van der Waals surface area contributed by atoms with Crippen LogP contribution in [0.4, 0.5) is 0 Å². The van der Waals surface area contributed by atoms with Gasteiger partial charge in [-0.15, -0.1) is 5.10 Å². The number of benzene rings is 2. The second kappa shape index (κ2) is 8.47. The summed E-state index contributed by atoms with van der Waals surface area (Å²) in [6.07, 6.45) is 3.62. The standard InChI is InChI=1S/C21H21N7O/c1-16-24-25-26-28(16)14-17-8-10-19(11-9-17)21(29)23-20(15-27-13-5-12-22-27)18-6-3-2-4-7-18/h2-13,20H,14-15H2,1H3,(H,23,29). The molecule has 8 nitrogen and oxygen atoms in total. The summed E-state index contributed by atoms with van der Waals surface area (Å²) < 4.78 is 3.53. The van der Waals surface area contributed by atoms with Gasteiger partial charge in [-0.05, 0) is 46.7 Å².